The van der Waals surface area contributed by atoms with Crippen LogP contribution in [0, 0.1) is 0 Å². The van der Waals surface area contributed by atoms with Crippen LogP contribution in [-0.2, 0) is 11.3 Å². The molecular weight excluding hydrogens is 360 g/mol. The Bertz CT molecular complexity index is 671. The fourth-order valence-electron chi connectivity index (χ4n) is 4.34. The summed E-state index contributed by atoms with van der Waals surface area (Å²) >= 11 is 0. The van der Waals surface area contributed by atoms with Gasteiger partial charge in [0.25, 0.3) is 0 Å². The van der Waals surface area contributed by atoms with E-state index in [9.17, 15) is 20.4 Å². The van der Waals surface area contributed by atoms with Crippen LogP contribution in [0.15, 0.2) is 30.3 Å². The second kappa shape index (κ2) is 7.32. The normalized spacial score (nSPS) is 43.2. The number of aliphatic hydroxyl groups excluding tert-OH is 1. The number of aliphatic hydroxyl groups is 4. The van der Waals surface area contributed by atoms with Crippen LogP contribution in [0.2, 0.25) is 0 Å². The van der Waals surface area contributed by atoms with Crippen LogP contribution in [0.25, 0.3) is 0 Å². The van der Waals surface area contributed by atoms with Crippen molar-refractivity contribution in [3.05, 3.63) is 35.9 Å². The third-order valence-corrected chi connectivity index (χ3v) is 7.11. The van der Waals surface area contributed by atoms with E-state index in [4.69, 9.17) is 4.74 Å². The molecule has 0 spiro atoms. The van der Waals surface area contributed by atoms with Crippen molar-refractivity contribution in [2.75, 3.05) is 32.8 Å². The van der Waals surface area contributed by atoms with Crippen LogP contribution >= 0.6 is 0 Å². The molecule has 1 aromatic rings. The van der Waals surface area contributed by atoms with Crippen molar-refractivity contribution in [3.8, 4) is 0 Å². The predicted molar refractivity (Wildman–Crippen MR) is 106 cm³/mol. The molecule has 0 aromatic heterocycles. The minimum atomic E-state index is -1.89. The monoisotopic (exact) mass is 394 g/mol. The maximum absolute atomic E-state index is 11.2. The third-order valence-electron chi connectivity index (χ3n) is 7.11. The van der Waals surface area contributed by atoms with Crippen LogP contribution in [0.1, 0.15) is 33.3 Å². The van der Waals surface area contributed by atoms with Gasteiger partial charge in [-0.15, -0.1) is 0 Å². The van der Waals surface area contributed by atoms with Crippen LogP contribution in [0.3, 0.4) is 0 Å². The van der Waals surface area contributed by atoms with E-state index < -0.39 is 35.2 Å². The maximum atomic E-state index is 11.2. The zero-order chi connectivity index (χ0) is 20.8. The molecule has 3 rings (SSSR count). The predicted octanol–water partition coefficient (Wildman–Crippen LogP) is 0.165. The molecule has 7 heteroatoms. The number of piperazine rings is 1. The molecule has 2 aliphatic rings. The molecule has 2 saturated heterocycles. The smallest absolute Gasteiger partial charge is 0.143 e. The molecule has 0 aliphatic carbocycles. The highest BCUT2D eigenvalue weighted by Crippen LogP contribution is 2.49. The van der Waals surface area contributed by atoms with E-state index in [-0.39, 0.29) is 0 Å². The molecule has 2 fully saturated rings. The van der Waals surface area contributed by atoms with E-state index in [1.165, 1.54) is 26.3 Å². The fraction of sp³-hybridized carbons (Fsp3) is 0.714. The van der Waals surface area contributed by atoms with Gasteiger partial charge in [0.2, 0.25) is 0 Å². The van der Waals surface area contributed by atoms with Gasteiger partial charge in [-0.1, -0.05) is 30.3 Å². The highest BCUT2D eigenvalue weighted by atomic mass is 16.6. The molecule has 4 N–H and O–H groups in total. The second-order valence-electron chi connectivity index (χ2n) is 8.95. The van der Waals surface area contributed by atoms with Gasteiger partial charge >= 0.3 is 0 Å². The van der Waals surface area contributed by atoms with Crippen LogP contribution in [-0.4, -0.2) is 91.6 Å². The minimum absolute atomic E-state index is 0.475. The second-order valence-corrected chi connectivity index (χ2v) is 8.95. The van der Waals surface area contributed by atoms with Crippen molar-refractivity contribution >= 4 is 0 Å². The summed E-state index contributed by atoms with van der Waals surface area (Å²) in [7, 11) is 0. The number of hydrogen-bond acceptors (Lipinski definition) is 7. The van der Waals surface area contributed by atoms with Crippen LogP contribution < -0.4 is 0 Å². The molecule has 7 nitrogen and oxygen atoms in total. The largest absolute Gasteiger partial charge is 0.393 e. The average molecular weight is 395 g/mol. The van der Waals surface area contributed by atoms with E-state index in [1.807, 2.05) is 23.1 Å². The first kappa shape index (κ1) is 21.6. The lowest BCUT2D eigenvalue weighted by molar-refractivity contribution is -0.396. The molecule has 0 amide bonds. The Balaban J connectivity index is 1.74. The lowest BCUT2D eigenvalue weighted by Gasteiger charge is -2.63. The molecule has 5 atom stereocenters. The standard InChI is InChI=1S/C21H34N2O5/c1-18(15-24)20(3,26)21(4,27)19(2,25)17(28-18)23-12-10-22(11-13-23)14-16-8-6-5-7-9-16/h5-9,17,24-27H,10-15H2,1-4H3/t17-,18+,19+,20-,21-/m1/s1. The first-order chi connectivity index (χ1) is 13.0. The van der Waals surface area contributed by atoms with Gasteiger partial charge in [0, 0.05) is 32.7 Å². The van der Waals surface area contributed by atoms with E-state index in [0.717, 1.165) is 19.6 Å². The Morgan fingerprint density at radius 1 is 0.929 bits per heavy atom. The average Bonchev–Trinajstić information content (AvgIpc) is 2.66. The summed E-state index contributed by atoms with van der Waals surface area (Å²) in [5.74, 6) is 0. The summed E-state index contributed by atoms with van der Waals surface area (Å²) in [6, 6.07) is 10.3. The lowest BCUT2D eigenvalue weighted by atomic mass is 9.63. The van der Waals surface area contributed by atoms with Crippen molar-refractivity contribution in [2.24, 2.45) is 0 Å². The lowest BCUT2D eigenvalue weighted by Crippen LogP contribution is -2.83. The first-order valence-corrected chi connectivity index (χ1v) is 9.92. The maximum Gasteiger partial charge on any atom is 0.143 e. The van der Waals surface area contributed by atoms with Gasteiger partial charge in [0.1, 0.15) is 28.6 Å². The molecule has 2 heterocycles. The Kier molecular flexibility index (Phi) is 5.66. The van der Waals surface area contributed by atoms with Gasteiger partial charge < -0.3 is 25.2 Å². The molecule has 0 unspecified atom stereocenters. The Hall–Kier alpha value is -1.06. The summed E-state index contributed by atoms with van der Waals surface area (Å²) in [6.07, 6.45) is -0.848. The molecule has 0 saturated carbocycles. The van der Waals surface area contributed by atoms with E-state index in [0.29, 0.717) is 13.1 Å². The summed E-state index contributed by atoms with van der Waals surface area (Å²) < 4.78 is 6.08. The zero-order valence-corrected chi connectivity index (χ0v) is 17.3. The van der Waals surface area contributed by atoms with Crippen LogP contribution in [0.5, 0.6) is 0 Å². The van der Waals surface area contributed by atoms with Crippen molar-refractivity contribution in [3.63, 3.8) is 0 Å². The molecule has 0 bridgehead atoms. The van der Waals surface area contributed by atoms with Crippen molar-refractivity contribution in [1.82, 2.24) is 9.80 Å². The number of ether oxygens (including phenoxy) is 1. The zero-order valence-electron chi connectivity index (χ0n) is 17.3. The van der Waals surface area contributed by atoms with Gasteiger partial charge in [-0.3, -0.25) is 9.80 Å². The SMILES string of the molecule is C[C@]1(O)[C@](C)(O)[C@](C)(CO)O[C@@H](N2CCN(Cc3ccccc3)CC2)[C@]1(C)O. The van der Waals surface area contributed by atoms with Gasteiger partial charge in [-0.2, -0.15) is 0 Å². The molecule has 0 radical (unpaired) electrons. The number of rotatable bonds is 4. The highest BCUT2D eigenvalue weighted by Gasteiger charge is 2.70. The fourth-order valence-corrected chi connectivity index (χ4v) is 4.34. The van der Waals surface area contributed by atoms with Gasteiger partial charge in [-0.25, -0.2) is 0 Å². The first-order valence-electron chi connectivity index (χ1n) is 9.92. The highest BCUT2D eigenvalue weighted by molar-refractivity contribution is 5.20. The number of benzene rings is 1. The van der Waals surface area contributed by atoms with Crippen molar-refractivity contribution < 1.29 is 25.2 Å². The van der Waals surface area contributed by atoms with Gasteiger partial charge in [-0.05, 0) is 33.3 Å². The molecule has 158 valence electrons. The van der Waals surface area contributed by atoms with Crippen LogP contribution in [0.4, 0.5) is 0 Å². The summed E-state index contributed by atoms with van der Waals surface area (Å²) in [4.78, 5) is 4.32. The molecule has 2 aliphatic heterocycles. The van der Waals surface area contributed by atoms with Crippen molar-refractivity contribution in [2.45, 2.75) is 62.9 Å². The topological polar surface area (TPSA) is 96.6 Å². The van der Waals surface area contributed by atoms with E-state index in [1.54, 1.807) is 6.92 Å². The van der Waals surface area contributed by atoms with E-state index >= 15 is 0 Å². The van der Waals surface area contributed by atoms with E-state index in [2.05, 4.69) is 17.0 Å². The Morgan fingerprint density at radius 3 is 2.04 bits per heavy atom. The summed E-state index contributed by atoms with van der Waals surface area (Å²) in [5.41, 5.74) is -5.62. The quantitative estimate of drug-likeness (QED) is 0.578. The number of nitrogens with zero attached hydrogens (tertiary/aromatic N) is 2. The molecule has 1 aromatic carbocycles. The molecule has 28 heavy (non-hydrogen) atoms. The number of hydrogen-bond donors (Lipinski definition) is 4. The Morgan fingerprint density at radius 2 is 1.50 bits per heavy atom. The van der Waals surface area contributed by atoms with Gasteiger partial charge in [0.05, 0.1) is 6.61 Å². The van der Waals surface area contributed by atoms with Gasteiger partial charge in [0.15, 0.2) is 0 Å². The van der Waals surface area contributed by atoms with Crippen molar-refractivity contribution in [1.29, 1.82) is 0 Å². The Labute approximate surface area is 167 Å². The molecular formula is C21H34N2O5. The minimum Gasteiger partial charge on any atom is -0.393 e. The third kappa shape index (κ3) is 3.29. The summed E-state index contributed by atoms with van der Waals surface area (Å²) in [6.45, 7) is 9.11. The summed E-state index contributed by atoms with van der Waals surface area (Å²) in [5, 5.41) is 43.2.